The first-order valence-corrected chi connectivity index (χ1v) is 11.2. The van der Waals surface area contributed by atoms with Crippen molar-refractivity contribution in [1.29, 1.82) is 0 Å². The fourth-order valence-electron chi connectivity index (χ4n) is 4.10. The molecule has 1 N–H and O–H groups in total. The predicted octanol–water partition coefficient (Wildman–Crippen LogP) is 4.39. The number of hydrogen-bond donors (Lipinski definition) is 1. The van der Waals surface area contributed by atoms with Crippen LogP contribution < -0.4 is 5.32 Å². The van der Waals surface area contributed by atoms with Gasteiger partial charge in [0.2, 0.25) is 11.8 Å². The third-order valence-corrected chi connectivity index (χ3v) is 6.63. The summed E-state index contributed by atoms with van der Waals surface area (Å²) in [4.78, 5) is 29.6. The van der Waals surface area contributed by atoms with E-state index >= 15 is 0 Å². The van der Waals surface area contributed by atoms with Crippen LogP contribution in [0.15, 0.2) is 41.8 Å². The van der Waals surface area contributed by atoms with E-state index in [0.717, 1.165) is 41.7 Å². The first kappa shape index (κ1) is 19.2. The molecule has 2 aliphatic carbocycles. The number of carbonyl (C=O) groups excluding carboxylic acids is 2. The Hall–Kier alpha value is -2.14. The molecular formula is C23H28N2O2S. The van der Waals surface area contributed by atoms with Crippen LogP contribution in [-0.4, -0.2) is 28.8 Å². The van der Waals surface area contributed by atoms with Crippen molar-refractivity contribution in [1.82, 2.24) is 10.2 Å². The van der Waals surface area contributed by atoms with E-state index in [1.54, 1.807) is 11.3 Å². The van der Waals surface area contributed by atoms with E-state index in [-0.39, 0.29) is 23.9 Å². The standard InChI is InChI=1S/C23H28N2O2S/c1-16-8-10-17(11-9-16)22(23(27)24-18-5-2-3-6-18)25(19-12-13-19)21(26)15-20-7-4-14-28-20/h4,7-11,14,18-19,22H,2-3,5-6,12-13,15H2,1H3,(H,24,27). The number of amides is 2. The lowest BCUT2D eigenvalue weighted by Gasteiger charge is -2.32. The number of thiophene rings is 1. The molecule has 1 atom stereocenters. The van der Waals surface area contributed by atoms with Crippen LogP contribution in [0.4, 0.5) is 0 Å². The SMILES string of the molecule is Cc1ccc(C(C(=O)NC2CCCC2)N(C(=O)Cc2cccs2)C2CC2)cc1. The number of nitrogens with one attached hydrogen (secondary N) is 1. The normalized spacial score (nSPS) is 18.0. The molecule has 2 aromatic rings. The average molecular weight is 397 g/mol. The summed E-state index contributed by atoms with van der Waals surface area (Å²) >= 11 is 1.60. The molecule has 0 aliphatic heterocycles. The first-order chi connectivity index (χ1) is 13.6. The maximum Gasteiger partial charge on any atom is 0.247 e. The number of nitrogens with zero attached hydrogens (tertiary/aromatic N) is 1. The Morgan fingerprint density at radius 1 is 1.11 bits per heavy atom. The van der Waals surface area contributed by atoms with E-state index < -0.39 is 6.04 Å². The van der Waals surface area contributed by atoms with E-state index in [1.165, 1.54) is 12.8 Å². The molecule has 1 aromatic carbocycles. The third-order valence-electron chi connectivity index (χ3n) is 5.75. The van der Waals surface area contributed by atoms with E-state index in [2.05, 4.69) is 5.32 Å². The number of hydrogen-bond acceptors (Lipinski definition) is 3. The van der Waals surface area contributed by atoms with Crippen molar-refractivity contribution in [2.24, 2.45) is 0 Å². The zero-order valence-corrected chi connectivity index (χ0v) is 17.2. The van der Waals surface area contributed by atoms with Crippen LogP contribution in [0.2, 0.25) is 0 Å². The molecule has 4 rings (SSSR count). The van der Waals surface area contributed by atoms with Gasteiger partial charge in [0, 0.05) is 17.0 Å². The van der Waals surface area contributed by atoms with Crippen LogP contribution in [0.5, 0.6) is 0 Å². The van der Waals surface area contributed by atoms with Crippen molar-refractivity contribution in [2.45, 2.75) is 70.0 Å². The number of carbonyl (C=O) groups is 2. The maximum absolute atomic E-state index is 13.4. The van der Waals surface area contributed by atoms with Crippen molar-refractivity contribution in [3.05, 3.63) is 57.8 Å². The highest BCUT2D eigenvalue weighted by Crippen LogP contribution is 2.36. The van der Waals surface area contributed by atoms with Gasteiger partial charge in [-0.15, -0.1) is 11.3 Å². The van der Waals surface area contributed by atoms with Gasteiger partial charge in [0.15, 0.2) is 0 Å². The lowest BCUT2D eigenvalue weighted by atomic mass is 10.0. The largest absolute Gasteiger partial charge is 0.351 e. The molecular weight excluding hydrogens is 368 g/mol. The fourth-order valence-corrected chi connectivity index (χ4v) is 4.80. The zero-order valence-electron chi connectivity index (χ0n) is 16.4. The topological polar surface area (TPSA) is 49.4 Å². The Balaban J connectivity index is 1.61. The summed E-state index contributed by atoms with van der Waals surface area (Å²) in [7, 11) is 0. The highest BCUT2D eigenvalue weighted by molar-refractivity contribution is 7.10. The summed E-state index contributed by atoms with van der Waals surface area (Å²) in [5.41, 5.74) is 2.06. The van der Waals surface area contributed by atoms with Crippen LogP contribution >= 0.6 is 11.3 Å². The Labute approximate surface area is 170 Å². The maximum atomic E-state index is 13.4. The highest BCUT2D eigenvalue weighted by atomic mass is 32.1. The van der Waals surface area contributed by atoms with Crippen molar-refractivity contribution in [2.75, 3.05) is 0 Å². The molecule has 4 nitrogen and oxygen atoms in total. The summed E-state index contributed by atoms with van der Waals surface area (Å²) in [6, 6.07) is 11.9. The van der Waals surface area contributed by atoms with Crippen molar-refractivity contribution < 1.29 is 9.59 Å². The minimum absolute atomic E-state index is 0.0258. The van der Waals surface area contributed by atoms with Gasteiger partial charge in [-0.2, -0.15) is 0 Å². The molecule has 2 aliphatic rings. The number of rotatable bonds is 7. The van der Waals surface area contributed by atoms with E-state index in [0.29, 0.717) is 6.42 Å². The van der Waals surface area contributed by atoms with Gasteiger partial charge < -0.3 is 10.2 Å². The predicted molar refractivity (Wildman–Crippen MR) is 112 cm³/mol. The third kappa shape index (κ3) is 4.46. The summed E-state index contributed by atoms with van der Waals surface area (Å²) in [6.07, 6.45) is 6.75. The van der Waals surface area contributed by atoms with E-state index in [9.17, 15) is 9.59 Å². The van der Waals surface area contributed by atoms with Crippen LogP contribution in [0.3, 0.4) is 0 Å². The Kier molecular flexibility index (Phi) is 5.81. The fraction of sp³-hybridized carbons (Fsp3) is 0.478. The molecule has 148 valence electrons. The molecule has 2 fully saturated rings. The molecule has 28 heavy (non-hydrogen) atoms. The van der Waals surface area contributed by atoms with Crippen molar-refractivity contribution in [3.8, 4) is 0 Å². The van der Waals surface area contributed by atoms with Gasteiger partial charge in [0.25, 0.3) is 0 Å². The molecule has 0 spiro atoms. The summed E-state index contributed by atoms with van der Waals surface area (Å²) in [6.45, 7) is 2.04. The smallest absolute Gasteiger partial charge is 0.247 e. The first-order valence-electron chi connectivity index (χ1n) is 10.3. The number of aryl methyl sites for hydroxylation is 1. The molecule has 0 bridgehead atoms. The lowest BCUT2D eigenvalue weighted by molar-refractivity contribution is -0.141. The van der Waals surface area contributed by atoms with Crippen LogP contribution in [0.25, 0.3) is 0 Å². The van der Waals surface area contributed by atoms with Crippen molar-refractivity contribution >= 4 is 23.2 Å². The van der Waals surface area contributed by atoms with Gasteiger partial charge in [0.1, 0.15) is 6.04 Å². The minimum Gasteiger partial charge on any atom is -0.351 e. The van der Waals surface area contributed by atoms with Crippen molar-refractivity contribution in [3.63, 3.8) is 0 Å². The lowest BCUT2D eigenvalue weighted by Crippen LogP contribution is -2.47. The average Bonchev–Trinajstić information content (AvgIpc) is 3.14. The Bertz CT molecular complexity index is 806. The zero-order chi connectivity index (χ0) is 19.5. The van der Waals surface area contributed by atoms with Gasteiger partial charge in [-0.25, -0.2) is 0 Å². The van der Waals surface area contributed by atoms with Gasteiger partial charge >= 0.3 is 0 Å². The van der Waals surface area contributed by atoms with Gasteiger partial charge in [-0.1, -0.05) is 48.7 Å². The minimum atomic E-state index is -0.541. The van der Waals surface area contributed by atoms with Crippen LogP contribution in [0.1, 0.15) is 60.6 Å². The molecule has 1 unspecified atom stereocenters. The van der Waals surface area contributed by atoms with Gasteiger partial charge in [-0.05, 0) is 49.6 Å². The number of benzene rings is 1. The summed E-state index contributed by atoms with van der Waals surface area (Å²) in [5, 5.41) is 5.23. The van der Waals surface area contributed by atoms with E-state index in [4.69, 9.17) is 0 Å². The van der Waals surface area contributed by atoms with Gasteiger partial charge in [-0.3, -0.25) is 9.59 Å². The van der Waals surface area contributed by atoms with Gasteiger partial charge in [0.05, 0.1) is 6.42 Å². The monoisotopic (exact) mass is 396 g/mol. The summed E-state index contributed by atoms with van der Waals surface area (Å²) in [5.74, 6) is 0.0271. The van der Waals surface area contributed by atoms with Crippen LogP contribution in [-0.2, 0) is 16.0 Å². The highest BCUT2D eigenvalue weighted by Gasteiger charge is 2.41. The second-order valence-electron chi connectivity index (χ2n) is 8.09. The molecule has 1 heterocycles. The Morgan fingerprint density at radius 2 is 1.82 bits per heavy atom. The molecule has 2 amide bonds. The second-order valence-corrected chi connectivity index (χ2v) is 9.12. The molecule has 5 heteroatoms. The molecule has 2 saturated carbocycles. The molecule has 0 saturated heterocycles. The Morgan fingerprint density at radius 3 is 2.43 bits per heavy atom. The molecule has 0 radical (unpaired) electrons. The second kappa shape index (κ2) is 8.48. The van der Waals surface area contributed by atoms with E-state index in [1.807, 2.05) is 53.6 Å². The quantitative estimate of drug-likeness (QED) is 0.755. The summed E-state index contributed by atoms with van der Waals surface area (Å²) < 4.78 is 0. The van der Waals surface area contributed by atoms with Crippen LogP contribution in [0, 0.1) is 6.92 Å². The molecule has 1 aromatic heterocycles.